The summed E-state index contributed by atoms with van der Waals surface area (Å²) >= 11 is 0. The monoisotopic (exact) mass is 221 g/mol. The summed E-state index contributed by atoms with van der Waals surface area (Å²) in [5.41, 5.74) is 1.09. The summed E-state index contributed by atoms with van der Waals surface area (Å²) < 4.78 is 13.2. The Morgan fingerprint density at radius 3 is 2.81 bits per heavy atom. The van der Waals surface area contributed by atoms with E-state index >= 15 is 0 Å². The molecule has 0 heterocycles. The van der Waals surface area contributed by atoms with Gasteiger partial charge in [-0.2, -0.15) is 0 Å². The van der Waals surface area contributed by atoms with E-state index in [1.54, 1.807) is 12.1 Å². The van der Waals surface area contributed by atoms with E-state index in [9.17, 15) is 4.39 Å². The first-order valence-electron chi connectivity index (χ1n) is 6.28. The molecule has 1 fully saturated rings. The average Bonchev–Trinajstić information content (AvgIpc) is 2.21. The van der Waals surface area contributed by atoms with Crippen molar-refractivity contribution >= 4 is 0 Å². The fraction of sp³-hybridized carbons (Fsp3) is 0.571. The molecular formula is C14H20FN. The van der Waals surface area contributed by atoms with Gasteiger partial charge in [0.05, 0.1) is 0 Å². The molecular weight excluding hydrogens is 201 g/mol. The second-order valence-electron chi connectivity index (χ2n) is 4.70. The first-order chi connectivity index (χ1) is 7.79. The average molecular weight is 221 g/mol. The Kier molecular flexibility index (Phi) is 3.94. The fourth-order valence-corrected chi connectivity index (χ4v) is 2.37. The third-order valence-corrected chi connectivity index (χ3v) is 3.50. The van der Waals surface area contributed by atoms with E-state index in [4.69, 9.17) is 0 Å². The van der Waals surface area contributed by atoms with Gasteiger partial charge in [0.1, 0.15) is 5.82 Å². The fourth-order valence-electron chi connectivity index (χ4n) is 2.37. The van der Waals surface area contributed by atoms with Crippen molar-refractivity contribution in [3.05, 3.63) is 35.6 Å². The van der Waals surface area contributed by atoms with E-state index in [0.29, 0.717) is 6.04 Å². The summed E-state index contributed by atoms with van der Waals surface area (Å²) in [5.74, 6) is 0.710. The molecule has 1 aromatic carbocycles. The molecule has 1 saturated carbocycles. The Labute approximate surface area is 97.1 Å². The van der Waals surface area contributed by atoms with Crippen LogP contribution < -0.4 is 5.32 Å². The number of halogens is 1. The topological polar surface area (TPSA) is 12.0 Å². The molecule has 0 spiro atoms. The molecule has 1 atom stereocenters. The minimum Gasteiger partial charge on any atom is -0.310 e. The van der Waals surface area contributed by atoms with Crippen LogP contribution in [-0.4, -0.2) is 6.54 Å². The van der Waals surface area contributed by atoms with Crippen LogP contribution >= 0.6 is 0 Å². The van der Waals surface area contributed by atoms with Crippen molar-refractivity contribution in [3.8, 4) is 0 Å². The van der Waals surface area contributed by atoms with Gasteiger partial charge in [0.2, 0.25) is 0 Å². The lowest BCUT2D eigenvalue weighted by Crippen LogP contribution is -2.25. The molecule has 0 aliphatic heterocycles. The third kappa shape index (κ3) is 2.82. The van der Waals surface area contributed by atoms with Gasteiger partial charge in [-0.05, 0) is 36.6 Å². The summed E-state index contributed by atoms with van der Waals surface area (Å²) in [5, 5.41) is 3.46. The van der Waals surface area contributed by atoms with Crippen molar-refractivity contribution in [3.63, 3.8) is 0 Å². The second-order valence-corrected chi connectivity index (χ2v) is 4.70. The molecule has 88 valence electrons. The number of hydrogen-bond acceptors (Lipinski definition) is 1. The van der Waals surface area contributed by atoms with Gasteiger partial charge >= 0.3 is 0 Å². The smallest absolute Gasteiger partial charge is 0.123 e. The largest absolute Gasteiger partial charge is 0.310 e. The first kappa shape index (κ1) is 11.6. The molecule has 0 bridgehead atoms. The molecule has 0 saturated heterocycles. The van der Waals surface area contributed by atoms with Crippen LogP contribution in [0.25, 0.3) is 0 Å². The van der Waals surface area contributed by atoms with Crippen LogP contribution in [0.3, 0.4) is 0 Å². The van der Waals surface area contributed by atoms with Gasteiger partial charge in [-0.15, -0.1) is 0 Å². The van der Waals surface area contributed by atoms with Gasteiger partial charge in [-0.1, -0.05) is 38.3 Å². The second kappa shape index (κ2) is 5.44. The maximum atomic E-state index is 13.2. The molecule has 16 heavy (non-hydrogen) atoms. The van der Waals surface area contributed by atoms with Gasteiger partial charge in [0, 0.05) is 6.04 Å². The highest BCUT2D eigenvalue weighted by Crippen LogP contribution is 2.34. The highest BCUT2D eigenvalue weighted by atomic mass is 19.1. The third-order valence-electron chi connectivity index (χ3n) is 3.50. The van der Waals surface area contributed by atoms with Crippen LogP contribution in [0.15, 0.2) is 24.3 Å². The van der Waals surface area contributed by atoms with Gasteiger partial charge in [-0.25, -0.2) is 4.39 Å². The van der Waals surface area contributed by atoms with E-state index in [2.05, 4.69) is 12.2 Å². The Morgan fingerprint density at radius 1 is 1.44 bits per heavy atom. The minimum absolute atomic E-state index is 0.131. The first-order valence-corrected chi connectivity index (χ1v) is 6.28. The summed E-state index contributed by atoms with van der Waals surface area (Å²) in [6.45, 7) is 3.04. The lowest BCUT2D eigenvalue weighted by Gasteiger charge is -2.30. The minimum atomic E-state index is -0.131. The van der Waals surface area contributed by atoms with Gasteiger partial charge in [0.15, 0.2) is 0 Å². The lowest BCUT2D eigenvalue weighted by molar-refractivity contribution is 0.262. The summed E-state index contributed by atoms with van der Waals surface area (Å²) in [6.07, 6.45) is 5.21. The highest BCUT2D eigenvalue weighted by Gasteiger charge is 2.22. The van der Waals surface area contributed by atoms with E-state index in [1.165, 1.54) is 25.3 Å². The number of benzene rings is 1. The van der Waals surface area contributed by atoms with Crippen LogP contribution in [0.5, 0.6) is 0 Å². The molecule has 1 nitrogen and oxygen atoms in total. The number of rotatable bonds is 5. The van der Waals surface area contributed by atoms with Crippen molar-refractivity contribution in [2.75, 3.05) is 6.54 Å². The molecule has 2 rings (SSSR count). The van der Waals surface area contributed by atoms with E-state index < -0.39 is 0 Å². The molecule has 1 aliphatic carbocycles. The molecule has 2 heteroatoms. The standard InChI is InChI=1S/C14H20FN/c1-2-16-14(9-11-5-3-6-11)12-7-4-8-13(15)10-12/h4,7-8,10-11,14,16H,2-3,5-6,9H2,1H3. The molecule has 0 aromatic heterocycles. The Bertz CT molecular complexity index is 333. The van der Waals surface area contributed by atoms with Crippen LogP contribution in [-0.2, 0) is 0 Å². The molecule has 0 radical (unpaired) electrons. The van der Waals surface area contributed by atoms with E-state index in [0.717, 1.165) is 24.4 Å². The SMILES string of the molecule is CCNC(CC1CCC1)c1cccc(F)c1. The van der Waals surface area contributed by atoms with Gasteiger partial charge in [-0.3, -0.25) is 0 Å². The zero-order valence-electron chi connectivity index (χ0n) is 9.88. The predicted octanol–water partition coefficient (Wildman–Crippen LogP) is 3.67. The zero-order valence-corrected chi connectivity index (χ0v) is 9.88. The van der Waals surface area contributed by atoms with Crippen LogP contribution in [0.4, 0.5) is 4.39 Å². The Balaban J connectivity index is 2.04. The maximum Gasteiger partial charge on any atom is 0.123 e. The van der Waals surface area contributed by atoms with Gasteiger partial charge < -0.3 is 5.32 Å². The Hall–Kier alpha value is -0.890. The quantitative estimate of drug-likeness (QED) is 0.800. The molecule has 1 aliphatic rings. The maximum absolute atomic E-state index is 13.2. The van der Waals surface area contributed by atoms with Crippen LogP contribution in [0.1, 0.15) is 44.2 Å². The number of nitrogens with one attached hydrogen (secondary N) is 1. The number of hydrogen-bond donors (Lipinski definition) is 1. The van der Waals surface area contributed by atoms with Crippen molar-refractivity contribution in [1.29, 1.82) is 0 Å². The van der Waals surface area contributed by atoms with Crippen molar-refractivity contribution < 1.29 is 4.39 Å². The van der Waals surface area contributed by atoms with Crippen molar-refractivity contribution in [1.82, 2.24) is 5.32 Å². The highest BCUT2D eigenvalue weighted by molar-refractivity contribution is 5.20. The van der Waals surface area contributed by atoms with E-state index in [1.807, 2.05) is 6.07 Å². The van der Waals surface area contributed by atoms with Crippen molar-refractivity contribution in [2.45, 2.75) is 38.6 Å². The summed E-state index contributed by atoms with van der Waals surface area (Å²) in [6, 6.07) is 7.32. The van der Waals surface area contributed by atoms with Gasteiger partial charge in [0.25, 0.3) is 0 Å². The summed E-state index contributed by atoms with van der Waals surface area (Å²) in [7, 11) is 0. The predicted molar refractivity (Wildman–Crippen MR) is 64.8 cm³/mol. The normalized spacial score (nSPS) is 18.1. The molecule has 0 amide bonds. The van der Waals surface area contributed by atoms with Crippen LogP contribution in [0, 0.1) is 11.7 Å². The Morgan fingerprint density at radius 2 is 2.25 bits per heavy atom. The molecule has 1 unspecified atom stereocenters. The van der Waals surface area contributed by atoms with E-state index in [-0.39, 0.29) is 5.82 Å². The molecule has 1 N–H and O–H groups in total. The zero-order chi connectivity index (χ0) is 11.4. The molecule has 1 aromatic rings. The summed E-state index contributed by atoms with van der Waals surface area (Å²) in [4.78, 5) is 0. The van der Waals surface area contributed by atoms with Crippen molar-refractivity contribution in [2.24, 2.45) is 5.92 Å². The lowest BCUT2D eigenvalue weighted by atomic mass is 9.79. The van der Waals surface area contributed by atoms with Crippen LogP contribution in [0.2, 0.25) is 0 Å².